The fraction of sp³-hybridized carbons (Fsp3) is 0.500. The van der Waals surface area contributed by atoms with Crippen molar-refractivity contribution in [1.29, 1.82) is 0 Å². The van der Waals surface area contributed by atoms with E-state index in [0.717, 1.165) is 6.26 Å². The lowest BCUT2D eigenvalue weighted by Gasteiger charge is -2.34. The van der Waals surface area contributed by atoms with Gasteiger partial charge in [0.1, 0.15) is 0 Å². The first-order valence-corrected chi connectivity index (χ1v) is 8.74. The van der Waals surface area contributed by atoms with Crippen molar-refractivity contribution in [2.75, 3.05) is 18.1 Å². The first kappa shape index (κ1) is 17.6. The van der Waals surface area contributed by atoms with Gasteiger partial charge in [-0.15, -0.1) is 0 Å². The lowest BCUT2D eigenvalue weighted by Crippen LogP contribution is -2.34. The molecule has 128 valence electrons. The third-order valence-electron chi connectivity index (χ3n) is 3.56. The number of anilines is 1. The van der Waals surface area contributed by atoms with Crippen molar-refractivity contribution in [2.45, 2.75) is 19.0 Å². The van der Waals surface area contributed by atoms with Crippen LogP contribution in [0.5, 0.6) is 5.88 Å². The van der Waals surface area contributed by atoms with Gasteiger partial charge in [0.25, 0.3) is 0 Å². The van der Waals surface area contributed by atoms with Crippen LogP contribution in [0, 0.1) is 11.8 Å². The molecule has 0 unspecified atom stereocenters. The van der Waals surface area contributed by atoms with Crippen molar-refractivity contribution in [2.24, 2.45) is 11.8 Å². The molecule has 0 bridgehead atoms. The number of hydrogen-bond donors (Lipinski definition) is 1. The molecule has 5 nitrogen and oxygen atoms in total. The lowest BCUT2D eigenvalue weighted by molar-refractivity contribution is -0.200. The Morgan fingerprint density at radius 1 is 1.39 bits per heavy atom. The molecule has 1 aromatic rings. The number of rotatable bonds is 5. The maximum atomic E-state index is 12.4. The smallest absolute Gasteiger partial charge is 0.391 e. The van der Waals surface area contributed by atoms with Crippen LogP contribution in [0.25, 0.3) is 6.08 Å². The van der Waals surface area contributed by atoms with E-state index < -0.39 is 22.1 Å². The number of sulfonamides is 1. The molecule has 1 aromatic heterocycles. The Labute approximate surface area is 132 Å². The maximum absolute atomic E-state index is 12.4. The zero-order valence-corrected chi connectivity index (χ0v) is 13.4. The summed E-state index contributed by atoms with van der Waals surface area (Å²) in [5.41, 5.74) is 0.756. The molecule has 1 saturated carbocycles. The van der Waals surface area contributed by atoms with E-state index in [1.165, 1.54) is 19.4 Å². The van der Waals surface area contributed by atoms with Crippen molar-refractivity contribution in [3.63, 3.8) is 0 Å². The quantitative estimate of drug-likeness (QED) is 0.886. The highest BCUT2D eigenvalue weighted by Gasteiger charge is 2.46. The van der Waals surface area contributed by atoms with Crippen LogP contribution in [0.3, 0.4) is 0 Å². The zero-order valence-electron chi connectivity index (χ0n) is 12.6. The summed E-state index contributed by atoms with van der Waals surface area (Å²) in [7, 11) is -2.03. The van der Waals surface area contributed by atoms with Gasteiger partial charge in [-0.2, -0.15) is 13.2 Å². The largest absolute Gasteiger partial charge is 0.481 e. The molecule has 23 heavy (non-hydrogen) atoms. The Hall–Kier alpha value is -1.77. The number of halogens is 3. The summed E-state index contributed by atoms with van der Waals surface area (Å²) < 4.78 is 67.1. The molecule has 0 amide bonds. The van der Waals surface area contributed by atoms with Crippen LogP contribution in [-0.4, -0.2) is 32.9 Å². The summed E-state index contributed by atoms with van der Waals surface area (Å²) in [6, 6.07) is 1.52. The number of nitrogens with zero attached hydrogens (tertiary/aromatic N) is 1. The number of methoxy groups -OCH3 is 1. The molecule has 1 heterocycles. The average molecular weight is 350 g/mol. The van der Waals surface area contributed by atoms with Crippen LogP contribution in [0.1, 0.15) is 18.4 Å². The van der Waals surface area contributed by atoms with Crippen LogP contribution in [0.4, 0.5) is 18.9 Å². The van der Waals surface area contributed by atoms with Gasteiger partial charge in [0.05, 0.1) is 31.2 Å². The van der Waals surface area contributed by atoms with Gasteiger partial charge in [0, 0.05) is 5.56 Å². The highest BCUT2D eigenvalue weighted by Crippen LogP contribution is 2.45. The normalized spacial score (nSPS) is 22.0. The molecule has 0 saturated heterocycles. The number of aromatic nitrogens is 1. The van der Waals surface area contributed by atoms with Gasteiger partial charge in [0.15, 0.2) is 0 Å². The minimum absolute atomic E-state index is 0.0665. The average Bonchev–Trinajstić information content (AvgIpc) is 2.33. The van der Waals surface area contributed by atoms with E-state index in [1.54, 1.807) is 12.2 Å². The minimum atomic E-state index is -4.14. The second kappa shape index (κ2) is 6.38. The minimum Gasteiger partial charge on any atom is -0.481 e. The standard InChI is InChI=1S/C14H17F3N2O3S/c1-22-13-10(7-12(8-18-13)19-23(2,20)21)4-3-9-5-11(6-9)14(15,16)17/h3-4,7-9,11,19H,5-6H2,1-2H3/b4-3+. The fourth-order valence-electron chi connectivity index (χ4n) is 2.36. The monoisotopic (exact) mass is 350 g/mol. The Morgan fingerprint density at radius 2 is 2.04 bits per heavy atom. The SMILES string of the molecule is COc1ncc(NS(C)(=O)=O)cc1/C=C/C1CC(C(F)(F)F)C1. The van der Waals surface area contributed by atoms with Crippen LogP contribution < -0.4 is 9.46 Å². The Bertz CT molecular complexity index is 696. The third-order valence-corrected chi connectivity index (χ3v) is 4.17. The lowest BCUT2D eigenvalue weighted by atomic mass is 9.74. The van der Waals surface area contributed by atoms with Gasteiger partial charge in [-0.1, -0.05) is 12.2 Å². The summed E-state index contributed by atoms with van der Waals surface area (Å²) in [5.74, 6) is -1.12. The number of nitrogens with one attached hydrogen (secondary N) is 1. The third kappa shape index (κ3) is 4.85. The molecule has 9 heteroatoms. The van der Waals surface area contributed by atoms with E-state index in [4.69, 9.17) is 4.74 Å². The highest BCUT2D eigenvalue weighted by atomic mass is 32.2. The van der Waals surface area contributed by atoms with Crippen LogP contribution in [-0.2, 0) is 10.0 Å². The topological polar surface area (TPSA) is 68.3 Å². The van der Waals surface area contributed by atoms with Gasteiger partial charge >= 0.3 is 6.18 Å². The number of allylic oxidation sites excluding steroid dienone is 1. The number of alkyl halides is 3. The molecule has 0 aliphatic heterocycles. The molecule has 0 atom stereocenters. The van der Waals surface area contributed by atoms with Crippen molar-refractivity contribution in [3.8, 4) is 5.88 Å². The van der Waals surface area contributed by atoms with Crippen molar-refractivity contribution in [3.05, 3.63) is 23.9 Å². The van der Waals surface area contributed by atoms with E-state index in [1.807, 2.05) is 0 Å². The van der Waals surface area contributed by atoms with Gasteiger partial charge in [-0.05, 0) is 24.8 Å². The van der Waals surface area contributed by atoms with E-state index in [2.05, 4.69) is 9.71 Å². The molecule has 1 N–H and O–H groups in total. The zero-order chi connectivity index (χ0) is 17.3. The molecule has 1 fully saturated rings. The van der Waals surface area contributed by atoms with Gasteiger partial charge in [-0.25, -0.2) is 13.4 Å². The Kier molecular flexibility index (Phi) is 4.88. The predicted octanol–water partition coefficient (Wildman–Crippen LogP) is 3.06. The molecule has 1 aliphatic rings. The Morgan fingerprint density at radius 3 is 2.57 bits per heavy atom. The van der Waals surface area contributed by atoms with E-state index in [-0.39, 0.29) is 30.3 Å². The van der Waals surface area contributed by atoms with E-state index >= 15 is 0 Å². The fourth-order valence-corrected chi connectivity index (χ4v) is 2.89. The summed E-state index contributed by atoms with van der Waals surface area (Å²) in [6.07, 6.45) is 1.60. The molecular weight excluding hydrogens is 333 g/mol. The molecule has 0 radical (unpaired) electrons. The van der Waals surface area contributed by atoms with Crippen molar-refractivity contribution >= 4 is 21.8 Å². The molecular formula is C14H17F3N2O3S. The summed E-state index contributed by atoms with van der Waals surface area (Å²) in [4.78, 5) is 3.98. The molecule has 0 spiro atoms. The predicted molar refractivity (Wildman–Crippen MR) is 80.6 cm³/mol. The Balaban J connectivity index is 2.09. The van der Waals surface area contributed by atoms with E-state index in [0.29, 0.717) is 5.56 Å². The van der Waals surface area contributed by atoms with Crippen molar-refractivity contribution < 1.29 is 26.3 Å². The number of pyridine rings is 1. The first-order valence-electron chi connectivity index (χ1n) is 6.85. The second-order valence-corrected chi connectivity index (χ2v) is 7.27. The summed E-state index contributed by atoms with van der Waals surface area (Å²) in [6.45, 7) is 0. The summed E-state index contributed by atoms with van der Waals surface area (Å²) in [5, 5.41) is 0. The van der Waals surface area contributed by atoms with Crippen molar-refractivity contribution in [1.82, 2.24) is 4.98 Å². The first-order chi connectivity index (χ1) is 10.6. The second-order valence-electron chi connectivity index (χ2n) is 5.53. The van der Waals surface area contributed by atoms with E-state index in [9.17, 15) is 21.6 Å². The van der Waals surface area contributed by atoms with Gasteiger partial charge in [-0.3, -0.25) is 4.72 Å². The van der Waals surface area contributed by atoms with Crippen LogP contribution >= 0.6 is 0 Å². The number of hydrogen-bond acceptors (Lipinski definition) is 4. The van der Waals surface area contributed by atoms with Gasteiger partial charge in [0.2, 0.25) is 15.9 Å². The number of ether oxygens (including phenoxy) is 1. The maximum Gasteiger partial charge on any atom is 0.391 e. The molecule has 1 aliphatic carbocycles. The molecule has 2 rings (SSSR count). The summed E-state index contributed by atoms with van der Waals surface area (Å²) >= 11 is 0. The van der Waals surface area contributed by atoms with Gasteiger partial charge < -0.3 is 4.74 Å². The highest BCUT2D eigenvalue weighted by molar-refractivity contribution is 7.92. The molecule has 0 aromatic carbocycles. The van der Waals surface area contributed by atoms with Crippen LogP contribution in [0.15, 0.2) is 18.3 Å². The van der Waals surface area contributed by atoms with Crippen LogP contribution in [0.2, 0.25) is 0 Å².